The van der Waals surface area contributed by atoms with E-state index in [4.69, 9.17) is 9.47 Å². The lowest BCUT2D eigenvalue weighted by molar-refractivity contribution is -0.142. The van der Waals surface area contributed by atoms with Crippen molar-refractivity contribution in [1.29, 1.82) is 0 Å². The minimum Gasteiger partial charge on any atom is -0.497 e. The molecule has 0 aliphatic carbocycles. The lowest BCUT2D eigenvalue weighted by Crippen LogP contribution is -2.39. The van der Waals surface area contributed by atoms with Gasteiger partial charge in [0.15, 0.2) is 6.04 Å². The molecule has 1 aliphatic heterocycles. The summed E-state index contributed by atoms with van der Waals surface area (Å²) in [5.74, 6) is 1.07. The minimum absolute atomic E-state index is 0.257. The molecule has 0 bridgehead atoms. The third-order valence-electron chi connectivity index (χ3n) is 2.41. The molecular formula is C11H13NO4. The second-order valence-corrected chi connectivity index (χ2v) is 3.39. The van der Waals surface area contributed by atoms with Gasteiger partial charge >= 0.3 is 5.97 Å². The van der Waals surface area contributed by atoms with Gasteiger partial charge in [0.05, 0.1) is 19.9 Å². The number of carbonyl (C=O) groups is 1. The summed E-state index contributed by atoms with van der Waals surface area (Å²) in [4.78, 5) is 11.3. The maximum absolute atomic E-state index is 11.3. The van der Waals surface area contributed by atoms with Crippen molar-refractivity contribution in [3.8, 4) is 11.5 Å². The molecule has 5 heteroatoms. The Labute approximate surface area is 93.3 Å². The zero-order chi connectivity index (χ0) is 11.5. The van der Waals surface area contributed by atoms with E-state index in [9.17, 15) is 4.79 Å². The largest absolute Gasteiger partial charge is 0.497 e. The number of rotatable bonds is 2. The Balaban J connectivity index is 2.18. The molecule has 0 fully saturated rings. The van der Waals surface area contributed by atoms with Crippen LogP contribution in [0.25, 0.3) is 0 Å². The fourth-order valence-electron chi connectivity index (χ4n) is 1.54. The van der Waals surface area contributed by atoms with Crippen LogP contribution in [0.4, 0.5) is 5.69 Å². The number of nitrogens with one attached hydrogen (secondary N) is 1. The highest BCUT2D eigenvalue weighted by Gasteiger charge is 2.25. The number of ether oxygens (including phenoxy) is 3. The first-order chi connectivity index (χ1) is 7.74. The molecule has 0 spiro atoms. The van der Waals surface area contributed by atoms with Gasteiger partial charge in [-0.2, -0.15) is 0 Å². The average Bonchev–Trinajstić information content (AvgIpc) is 2.36. The first-order valence-corrected chi connectivity index (χ1v) is 4.90. The maximum atomic E-state index is 11.3. The Kier molecular flexibility index (Phi) is 2.85. The van der Waals surface area contributed by atoms with Crippen molar-refractivity contribution < 1.29 is 19.0 Å². The van der Waals surface area contributed by atoms with Crippen LogP contribution in [-0.4, -0.2) is 32.8 Å². The summed E-state index contributed by atoms with van der Waals surface area (Å²) < 4.78 is 15.2. The van der Waals surface area contributed by atoms with Crippen LogP contribution in [-0.2, 0) is 9.53 Å². The van der Waals surface area contributed by atoms with E-state index in [1.807, 2.05) is 6.07 Å². The second kappa shape index (κ2) is 4.30. The molecule has 1 heterocycles. The molecule has 5 nitrogen and oxygen atoms in total. The van der Waals surface area contributed by atoms with Gasteiger partial charge in [-0.15, -0.1) is 0 Å². The van der Waals surface area contributed by atoms with Crippen LogP contribution in [0.3, 0.4) is 0 Å². The molecule has 0 saturated carbocycles. The summed E-state index contributed by atoms with van der Waals surface area (Å²) in [7, 11) is 2.95. The van der Waals surface area contributed by atoms with Crippen LogP contribution < -0.4 is 14.8 Å². The van der Waals surface area contributed by atoms with Crippen molar-refractivity contribution in [2.45, 2.75) is 6.04 Å². The third-order valence-corrected chi connectivity index (χ3v) is 2.41. The number of esters is 1. The smallest absolute Gasteiger partial charge is 0.331 e. The quantitative estimate of drug-likeness (QED) is 0.759. The first-order valence-electron chi connectivity index (χ1n) is 4.90. The number of benzene rings is 1. The highest BCUT2D eigenvalue weighted by Crippen LogP contribution is 2.32. The zero-order valence-corrected chi connectivity index (χ0v) is 9.15. The van der Waals surface area contributed by atoms with Crippen LogP contribution in [0.1, 0.15) is 0 Å². The number of fused-ring (bicyclic) bond motifs is 1. The van der Waals surface area contributed by atoms with E-state index in [1.54, 1.807) is 19.2 Å². The molecule has 86 valence electrons. The summed E-state index contributed by atoms with van der Waals surface area (Å²) in [6, 6.07) is 4.93. The van der Waals surface area contributed by atoms with Gasteiger partial charge in [-0.1, -0.05) is 0 Å². The summed E-state index contributed by atoms with van der Waals surface area (Å²) in [6.07, 6.45) is 0. The molecule has 16 heavy (non-hydrogen) atoms. The topological polar surface area (TPSA) is 56.8 Å². The molecule has 2 rings (SSSR count). The van der Waals surface area contributed by atoms with E-state index in [1.165, 1.54) is 7.11 Å². The normalized spacial score (nSPS) is 17.8. The Hall–Kier alpha value is -1.91. The Morgan fingerprint density at radius 3 is 3.00 bits per heavy atom. The van der Waals surface area contributed by atoms with Crippen LogP contribution in [0.2, 0.25) is 0 Å². The molecule has 0 radical (unpaired) electrons. The highest BCUT2D eigenvalue weighted by molar-refractivity contribution is 5.81. The van der Waals surface area contributed by atoms with Crippen molar-refractivity contribution >= 4 is 11.7 Å². The number of hydrogen-bond donors (Lipinski definition) is 1. The molecule has 1 N–H and O–H groups in total. The number of anilines is 1. The van der Waals surface area contributed by atoms with Gasteiger partial charge in [-0.05, 0) is 12.1 Å². The van der Waals surface area contributed by atoms with E-state index >= 15 is 0 Å². The maximum Gasteiger partial charge on any atom is 0.331 e. The van der Waals surface area contributed by atoms with E-state index in [0.717, 1.165) is 11.4 Å². The molecule has 0 amide bonds. The van der Waals surface area contributed by atoms with E-state index in [-0.39, 0.29) is 12.6 Å². The van der Waals surface area contributed by atoms with Gasteiger partial charge in [0.1, 0.15) is 18.1 Å². The van der Waals surface area contributed by atoms with Crippen LogP contribution in [0.5, 0.6) is 11.5 Å². The second-order valence-electron chi connectivity index (χ2n) is 3.39. The Morgan fingerprint density at radius 1 is 1.50 bits per heavy atom. The highest BCUT2D eigenvalue weighted by atomic mass is 16.5. The number of carbonyl (C=O) groups excluding carboxylic acids is 1. The van der Waals surface area contributed by atoms with Crippen molar-refractivity contribution in [2.75, 3.05) is 26.1 Å². The van der Waals surface area contributed by atoms with E-state index in [0.29, 0.717) is 5.75 Å². The van der Waals surface area contributed by atoms with E-state index < -0.39 is 6.04 Å². The molecular weight excluding hydrogens is 210 g/mol. The third kappa shape index (κ3) is 1.88. The average molecular weight is 223 g/mol. The van der Waals surface area contributed by atoms with Gasteiger partial charge in [-0.3, -0.25) is 0 Å². The SMILES string of the molecule is COC(=O)C1COc2cc(OC)ccc2N1. The van der Waals surface area contributed by atoms with Crippen molar-refractivity contribution in [2.24, 2.45) is 0 Å². The summed E-state index contributed by atoms with van der Waals surface area (Å²) in [6.45, 7) is 0.257. The van der Waals surface area contributed by atoms with Crippen LogP contribution in [0, 0.1) is 0 Å². The molecule has 0 aromatic heterocycles. The van der Waals surface area contributed by atoms with Crippen molar-refractivity contribution in [3.05, 3.63) is 18.2 Å². The van der Waals surface area contributed by atoms with Crippen LogP contribution in [0.15, 0.2) is 18.2 Å². The Morgan fingerprint density at radius 2 is 2.31 bits per heavy atom. The number of methoxy groups -OCH3 is 2. The molecule has 1 aliphatic rings. The lowest BCUT2D eigenvalue weighted by Gasteiger charge is -2.25. The Bertz CT molecular complexity index is 405. The molecule has 1 aromatic carbocycles. The fraction of sp³-hybridized carbons (Fsp3) is 0.364. The molecule has 1 unspecified atom stereocenters. The monoisotopic (exact) mass is 223 g/mol. The summed E-state index contributed by atoms with van der Waals surface area (Å²) in [5.41, 5.74) is 0.766. The standard InChI is InChI=1S/C11H13NO4/c1-14-7-3-4-8-10(5-7)16-6-9(12-8)11(13)15-2/h3-5,9,12H,6H2,1-2H3. The van der Waals surface area contributed by atoms with Gasteiger partial charge in [-0.25, -0.2) is 4.79 Å². The first kappa shape index (κ1) is 10.6. The molecule has 1 atom stereocenters. The van der Waals surface area contributed by atoms with Crippen molar-refractivity contribution in [3.63, 3.8) is 0 Å². The number of hydrogen-bond acceptors (Lipinski definition) is 5. The summed E-state index contributed by atoms with van der Waals surface area (Å²) >= 11 is 0. The lowest BCUT2D eigenvalue weighted by atomic mass is 10.2. The van der Waals surface area contributed by atoms with Gasteiger partial charge < -0.3 is 19.5 Å². The van der Waals surface area contributed by atoms with Crippen LogP contribution >= 0.6 is 0 Å². The predicted molar refractivity (Wildman–Crippen MR) is 57.9 cm³/mol. The predicted octanol–water partition coefficient (Wildman–Crippen LogP) is 1.04. The zero-order valence-electron chi connectivity index (χ0n) is 9.15. The van der Waals surface area contributed by atoms with E-state index in [2.05, 4.69) is 10.1 Å². The van der Waals surface area contributed by atoms with Crippen molar-refractivity contribution in [1.82, 2.24) is 0 Å². The van der Waals surface area contributed by atoms with Gasteiger partial charge in [0.2, 0.25) is 0 Å². The van der Waals surface area contributed by atoms with Gasteiger partial charge in [0, 0.05) is 6.07 Å². The fourth-order valence-corrected chi connectivity index (χ4v) is 1.54. The minimum atomic E-state index is -0.453. The van der Waals surface area contributed by atoms with Gasteiger partial charge in [0.25, 0.3) is 0 Å². The molecule has 0 saturated heterocycles. The molecule has 1 aromatic rings. The summed E-state index contributed by atoms with van der Waals surface area (Å²) in [5, 5.41) is 3.04.